The minimum atomic E-state index is -0.566. The molecule has 162 valence electrons. The smallest absolute Gasteiger partial charge is 0.257 e. The Hall–Kier alpha value is -4.40. The molecule has 0 aliphatic heterocycles. The predicted molar refractivity (Wildman–Crippen MR) is 115 cm³/mol. The van der Waals surface area contributed by atoms with Crippen LogP contribution in [0.3, 0.4) is 0 Å². The summed E-state index contributed by atoms with van der Waals surface area (Å²) in [6.07, 6.45) is 2.92. The molecule has 0 aliphatic rings. The van der Waals surface area contributed by atoms with E-state index in [0.29, 0.717) is 11.3 Å². The zero-order valence-corrected chi connectivity index (χ0v) is 17.0. The van der Waals surface area contributed by atoms with E-state index in [4.69, 9.17) is 0 Å². The number of para-hydroxylation sites is 1. The molecule has 0 atom stereocenters. The van der Waals surface area contributed by atoms with Gasteiger partial charge in [0.25, 0.3) is 11.5 Å². The van der Waals surface area contributed by atoms with Gasteiger partial charge < -0.3 is 20.1 Å². The molecule has 0 fully saturated rings. The first-order chi connectivity index (χ1) is 15.4. The van der Waals surface area contributed by atoms with Crippen molar-refractivity contribution in [2.45, 2.75) is 6.54 Å². The van der Waals surface area contributed by atoms with Gasteiger partial charge in [0.05, 0.1) is 24.0 Å². The Labute approximate surface area is 181 Å². The van der Waals surface area contributed by atoms with Gasteiger partial charge in [-0.2, -0.15) is 5.10 Å². The summed E-state index contributed by atoms with van der Waals surface area (Å²) in [5, 5.41) is 24.9. The number of carbonyl (C=O) groups excluding carboxylic acids is 1. The number of H-pyrrole nitrogens is 1. The van der Waals surface area contributed by atoms with Crippen molar-refractivity contribution in [1.82, 2.24) is 19.7 Å². The van der Waals surface area contributed by atoms with Gasteiger partial charge in [0.1, 0.15) is 23.0 Å². The van der Waals surface area contributed by atoms with Gasteiger partial charge in [0.15, 0.2) is 0 Å². The van der Waals surface area contributed by atoms with E-state index < -0.39 is 17.5 Å². The van der Waals surface area contributed by atoms with Crippen molar-refractivity contribution >= 4 is 5.91 Å². The third kappa shape index (κ3) is 3.83. The molecule has 32 heavy (non-hydrogen) atoms. The number of benzene rings is 2. The van der Waals surface area contributed by atoms with Crippen LogP contribution < -0.4 is 5.56 Å². The van der Waals surface area contributed by atoms with Crippen molar-refractivity contribution in [2.24, 2.45) is 0 Å². The maximum atomic E-state index is 14.3. The number of hydrogen-bond donors (Lipinski definition) is 3. The van der Waals surface area contributed by atoms with Crippen LogP contribution in [-0.4, -0.2) is 42.8 Å². The number of phenolic OH excluding ortho intramolecular Hbond substituents is 2. The first-order valence-corrected chi connectivity index (χ1v) is 9.64. The third-order valence-electron chi connectivity index (χ3n) is 5.00. The van der Waals surface area contributed by atoms with Crippen LogP contribution in [0.5, 0.6) is 11.5 Å². The van der Waals surface area contributed by atoms with Crippen LogP contribution in [0.15, 0.2) is 71.8 Å². The SMILES string of the molecule is CN(Cc1ccc[nH]c1=O)C(=O)c1cc(-c2ccnn2-c2ccccc2F)c(O)cc1O. The van der Waals surface area contributed by atoms with Crippen molar-refractivity contribution in [3.05, 3.63) is 94.3 Å². The van der Waals surface area contributed by atoms with Crippen molar-refractivity contribution in [2.75, 3.05) is 7.05 Å². The minimum absolute atomic E-state index is 0.0117. The Balaban J connectivity index is 1.73. The molecule has 0 aliphatic carbocycles. The maximum absolute atomic E-state index is 14.3. The topological polar surface area (TPSA) is 111 Å². The highest BCUT2D eigenvalue weighted by Crippen LogP contribution is 2.36. The summed E-state index contributed by atoms with van der Waals surface area (Å²) in [6, 6.07) is 13.2. The van der Waals surface area contributed by atoms with Crippen LogP contribution in [0.2, 0.25) is 0 Å². The summed E-state index contributed by atoms with van der Waals surface area (Å²) in [6.45, 7) is 0.0117. The van der Waals surface area contributed by atoms with Crippen molar-refractivity contribution in [3.63, 3.8) is 0 Å². The second-order valence-corrected chi connectivity index (χ2v) is 7.15. The molecular formula is C23H19FN4O4. The lowest BCUT2D eigenvalue weighted by atomic mass is 10.0. The van der Waals surface area contributed by atoms with Gasteiger partial charge in [0, 0.05) is 30.4 Å². The van der Waals surface area contributed by atoms with Gasteiger partial charge in [0.2, 0.25) is 0 Å². The van der Waals surface area contributed by atoms with E-state index in [1.165, 1.54) is 47.2 Å². The van der Waals surface area contributed by atoms with Gasteiger partial charge in [-0.05, 0) is 30.3 Å². The Bertz CT molecular complexity index is 1360. The molecule has 1 amide bonds. The largest absolute Gasteiger partial charge is 0.507 e. The first kappa shape index (κ1) is 20.9. The summed E-state index contributed by atoms with van der Waals surface area (Å²) in [5.41, 5.74) is 0.625. The fraction of sp³-hybridized carbons (Fsp3) is 0.0870. The zero-order valence-electron chi connectivity index (χ0n) is 17.0. The highest BCUT2D eigenvalue weighted by atomic mass is 19.1. The molecule has 0 radical (unpaired) electrons. The monoisotopic (exact) mass is 434 g/mol. The molecular weight excluding hydrogens is 415 g/mol. The fourth-order valence-electron chi connectivity index (χ4n) is 3.39. The molecule has 0 spiro atoms. The van der Waals surface area contributed by atoms with E-state index in [1.54, 1.807) is 30.3 Å². The molecule has 3 N–H and O–H groups in total. The van der Waals surface area contributed by atoms with Crippen LogP contribution in [0.25, 0.3) is 16.9 Å². The van der Waals surface area contributed by atoms with E-state index in [0.717, 1.165) is 6.07 Å². The number of carbonyl (C=O) groups is 1. The molecule has 0 saturated heterocycles. The van der Waals surface area contributed by atoms with Gasteiger partial charge in [-0.15, -0.1) is 0 Å². The molecule has 0 unspecified atom stereocenters. The number of amides is 1. The van der Waals surface area contributed by atoms with Crippen LogP contribution in [0.1, 0.15) is 15.9 Å². The first-order valence-electron chi connectivity index (χ1n) is 9.64. The highest BCUT2D eigenvalue weighted by molar-refractivity contribution is 5.98. The molecule has 2 heterocycles. The van der Waals surface area contributed by atoms with Crippen LogP contribution in [-0.2, 0) is 6.54 Å². The molecule has 9 heteroatoms. The normalized spacial score (nSPS) is 10.8. The Morgan fingerprint density at radius 1 is 1.12 bits per heavy atom. The highest BCUT2D eigenvalue weighted by Gasteiger charge is 2.22. The summed E-state index contributed by atoms with van der Waals surface area (Å²) in [5.74, 6) is -1.81. The number of nitrogens with one attached hydrogen (secondary N) is 1. The summed E-state index contributed by atoms with van der Waals surface area (Å²) in [7, 11) is 1.49. The molecule has 4 rings (SSSR count). The maximum Gasteiger partial charge on any atom is 0.257 e. The van der Waals surface area contributed by atoms with Gasteiger partial charge in [-0.25, -0.2) is 9.07 Å². The number of aromatic nitrogens is 3. The second-order valence-electron chi connectivity index (χ2n) is 7.15. The third-order valence-corrected chi connectivity index (χ3v) is 5.00. The average molecular weight is 434 g/mol. The number of aromatic amines is 1. The molecule has 2 aromatic carbocycles. The lowest BCUT2D eigenvalue weighted by Crippen LogP contribution is -2.29. The van der Waals surface area contributed by atoms with E-state index in [-0.39, 0.29) is 34.7 Å². The quantitative estimate of drug-likeness (QED) is 0.447. The number of halogens is 1. The van der Waals surface area contributed by atoms with Gasteiger partial charge >= 0.3 is 0 Å². The lowest BCUT2D eigenvalue weighted by Gasteiger charge is -2.19. The number of hydrogen-bond acceptors (Lipinski definition) is 5. The van der Waals surface area contributed by atoms with Gasteiger partial charge in [-0.1, -0.05) is 18.2 Å². The Kier molecular flexibility index (Phi) is 5.46. The van der Waals surface area contributed by atoms with Crippen LogP contribution in [0, 0.1) is 5.82 Å². The summed E-state index contributed by atoms with van der Waals surface area (Å²) in [4.78, 5) is 28.7. The molecule has 0 saturated carbocycles. The van der Waals surface area contributed by atoms with E-state index in [9.17, 15) is 24.2 Å². The molecule has 2 aromatic heterocycles. The van der Waals surface area contributed by atoms with Crippen molar-refractivity contribution in [1.29, 1.82) is 0 Å². The standard InChI is InChI=1S/C23H19FN4O4/c1-27(13-14-5-4-9-25-22(14)31)23(32)16-11-15(20(29)12-21(16)30)18-8-10-26-28(18)19-7-3-2-6-17(19)24/h2-12,29-30H,13H2,1H3,(H,25,31). The fourth-order valence-corrected chi connectivity index (χ4v) is 3.39. The molecule has 0 bridgehead atoms. The minimum Gasteiger partial charge on any atom is -0.507 e. The van der Waals surface area contributed by atoms with Crippen LogP contribution >= 0.6 is 0 Å². The van der Waals surface area contributed by atoms with E-state index >= 15 is 0 Å². The van der Waals surface area contributed by atoms with Crippen molar-refractivity contribution in [3.8, 4) is 28.4 Å². The Morgan fingerprint density at radius 2 is 1.91 bits per heavy atom. The number of phenols is 2. The summed E-state index contributed by atoms with van der Waals surface area (Å²) < 4.78 is 15.6. The Morgan fingerprint density at radius 3 is 2.66 bits per heavy atom. The number of aromatic hydroxyl groups is 2. The predicted octanol–water partition coefficient (Wildman–Crippen LogP) is 3.05. The van der Waals surface area contributed by atoms with E-state index in [2.05, 4.69) is 10.1 Å². The zero-order chi connectivity index (χ0) is 22.8. The molecule has 4 aromatic rings. The number of nitrogens with zero attached hydrogens (tertiary/aromatic N) is 3. The van der Waals surface area contributed by atoms with Crippen molar-refractivity contribution < 1.29 is 19.4 Å². The van der Waals surface area contributed by atoms with E-state index in [1.807, 2.05) is 0 Å². The molecule has 8 nitrogen and oxygen atoms in total. The number of pyridine rings is 1. The number of rotatable bonds is 5. The summed E-state index contributed by atoms with van der Waals surface area (Å²) >= 11 is 0. The second kappa shape index (κ2) is 8.38. The lowest BCUT2D eigenvalue weighted by molar-refractivity contribution is 0.0781. The van der Waals surface area contributed by atoms with Crippen LogP contribution in [0.4, 0.5) is 4.39 Å². The average Bonchev–Trinajstić information content (AvgIpc) is 3.24. The van der Waals surface area contributed by atoms with Gasteiger partial charge in [-0.3, -0.25) is 9.59 Å².